The zero-order chi connectivity index (χ0) is 14.8. The number of rotatable bonds is 4. The molecule has 1 aliphatic rings. The number of carbonyl (C=O) groups excluding carboxylic acids is 1. The molecule has 2 N–H and O–H groups in total. The average molecular weight is 286 g/mol. The van der Waals surface area contributed by atoms with Gasteiger partial charge in [0.25, 0.3) is 0 Å². The number of piperidine rings is 1. The van der Waals surface area contributed by atoms with Crippen molar-refractivity contribution in [3.05, 3.63) is 30.0 Å². The van der Waals surface area contributed by atoms with E-state index in [2.05, 4.69) is 10.3 Å². The first-order valence-electron chi connectivity index (χ1n) is 7.68. The minimum absolute atomic E-state index is 0.0902. The maximum absolute atomic E-state index is 12.7. The van der Waals surface area contributed by atoms with Gasteiger partial charge in [0.2, 0.25) is 0 Å². The predicted molar refractivity (Wildman–Crippen MR) is 84.0 cm³/mol. The molecule has 0 radical (unpaired) electrons. The molecule has 1 saturated heterocycles. The largest absolute Gasteiger partial charge is 0.491 e. The van der Waals surface area contributed by atoms with Crippen LogP contribution in [0.2, 0.25) is 0 Å². The van der Waals surface area contributed by atoms with Crippen molar-refractivity contribution in [2.45, 2.75) is 32.8 Å². The van der Waals surface area contributed by atoms with E-state index >= 15 is 0 Å². The van der Waals surface area contributed by atoms with Gasteiger partial charge in [0, 0.05) is 35.1 Å². The molecule has 1 aromatic heterocycles. The van der Waals surface area contributed by atoms with Gasteiger partial charge in [-0.1, -0.05) is 0 Å². The van der Waals surface area contributed by atoms with Gasteiger partial charge in [-0.05, 0) is 51.4 Å². The molecule has 1 unspecified atom stereocenters. The Kier molecular flexibility index (Phi) is 3.97. The Morgan fingerprint density at radius 1 is 1.38 bits per heavy atom. The van der Waals surface area contributed by atoms with Gasteiger partial charge in [0.15, 0.2) is 5.78 Å². The summed E-state index contributed by atoms with van der Waals surface area (Å²) in [6, 6.07) is 5.88. The molecule has 0 aliphatic carbocycles. The molecule has 1 aromatic carbocycles. The van der Waals surface area contributed by atoms with Crippen molar-refractivity contribution in [3.8, 4) is 5.75 Å². The van der Waals surface area contributed by atoms with E-state index in [4.69, 9.17) is 4.74 Å². The van der Waals surface area contributed by atoms with Crippen LogP contribution in [-0.2, 0) is 0 Å². The third-order valence-electron chi connectivity index (χ3n) is 3.96. The highest BCUT2D eigenvalue weighted by molar-refractivity contribution is 6.09. The Morgan fingerprint density at radius 3 is 2.95 bits per heavy atom. The van der Waals surface area contributed by atoms with Crippen LogP contribution in [0, 0.1) is 5.92 Å². The Hall–Kier alpha value is -1.81. The van der Waals surface area contributed by atoms with E-state index in [0.29, 0.717) is 0 Å². The lowest BCUT2D eigenvalue weighted by Gasteiger charge is -2.21. The molecular formula is C17H22N2O2. The molecular weight excluding hydrogens is 264 g/mol. The van der Waals surface area contributed by atoms with Crippen LogP contribution in [0.25, 0.3) is 10.9 Å². The molecule has 2 aromatic rings. The second kappa shape index (κ2) is 5.90. The van der Waals surface area contributed by atoms with E-state index in [1.165, 1.54) is 0 Å². The lowest BCUT2D eigenvalue weighted by molar-refractivity contribution is 0.0901. The van der Waals surface area contributed by atoms with Crippen LogP contribution in [0.3, 0.4) is 0 Å². The summed E-state index contributed by atoms with van der Waals surface area (Å²) in [5.41, 5.74) is 1.77. The molecule has 0 amide bonds. The number of hydrogen-bond donors (Lipinski definition) is 2. The van der Waals surface area contributed by atoms with Crippen molar-refractivity contribution < 1.29 is 9.53 Å². The monoisotopic (exact) mass is 286 g/mol. The highest BCUT2D eigenvalue weighted by Crippen LogP contribution is 2.27. The Bertz CT molecular complexity index is 639. The molecule has 1 atom stereocenters. The molecule has 0 saturated carbocycles. The first-order valence-corrected chi connectivity index (χ1v) is 7.68. The standard InChI is InChI=1S/C17H22N2O2/c1-11(2)21-13-5-6-16-14(8-13)15(10-19-16)17(20)12-4-3-7-18-9-12/h5-6,8,10-12,18-19H,3-4,7,9H2,1-2H3. The molecule has 2 heterocycles. The second-order valence-electron chi connectivity index (χ2n) is 5.98. The number of H-pyrrole nitrogens is 1. The zero-order valence-electron chi connectivity index (χ0n) is 12.6. The summed E-state index contributed by atoms with van der Waals surface area (Å²) in [5.74, 6) is 1.13. The van der Waals surface area contributed by atoms with Crippen molar-refractivity contribution in [2.24, 2.45) is 5.92 Å². The fraction of sp³-hybridized carbons (Fsp3) is 0.471. The van der Waals surface area contributed by atoms with Gasteiger partial charge in [0.05, 0.1) is 6.10 Å². The number of Topliss-reactive ketones (excluding diaryl/α,β-unsaturated/α-hetero) is 1. The van der Waals surface area contributed by atoms with Crippen molar-refractivity contribution in [3.63, 3.8) is 0 Å². The fourth-order valence-corrected chi connectivity index (χ4v) is 2.94. The van der Waals surface area contributed by atoms with Crippen LogP contribution in [0.15, 0.2) is 24.4 Å². The number of benzene rings is 1. The molecule has 0 bridgehead atoms. The molecule has 1 fully saturated rings. The molecule has 1 aliphatic heterocycles. The Morgan fingerprint density at radius 2 is 2.24 bits per heavy atom. The number of aromatic amines is 1. The van der Waals surface area contributed by atoms with E-state index < -0.39 is 0 Å². The summed E-state index contributed by atoms with van der Waals surface area (Å²) >= 11 is 0. The van der Waals surface area contributed by atoms with Gasteiger partial charge in [-0.3, -0.25) is 4.79 Å². The van der Waals surface area contributed by atoms with Crippen molar-refractivity contribution in [1.82, 2.24) is 10.3 Å². The number of carbonyl (C=O) groups is 1. The van der Waals surface area contributed by atoms with Crippen LogP contribution < -0.4 is 10.1 Å². The summed E-state index contributed by atoms with van der Waals surface area (Å²) in [6.45, 7) is 5.81. The molecule has 4 nitrogen and oxygen atoms in total. The number of ether oxygens (including phenoxy) is 1. The first-order chi connectivity index (χ1) is 10.1. The summed E-state index contributed by atoms with van der Waals surface area (Å²) in [7, 11) is 0. The van der Waals surface area contributed by atoms with Gasteiger partial charge in [-0.15, -0.1) is 0 Å². The van der Waals surface area contributed by atoms with E-state index in [0.717, 1.165) is 48.1 Å². The molecule has 0 spiro atoms. The minimum atomic E-state index is 0.0902. The minimum Gasteiger partial charge on any atom is -0.491 e. The van der Waals surface area contributed by atoms with Gasteiger partial charge in [-0.2, -0.15) is 0 Å². The number of ketones is 1. The van der Waals surface area contributed by atoms with Crippen molar-refractivity contribution in [1.29, 1.82) is 0 Å². The zero-order valence-corrected chi connectivity index (χ0v) is 12.6. The summed E-state index contributed by atoms with van der Waals surface area (Å²) in [4.78, 5) is 15.9. The molecule has 4 heteroatoms. The number of nitrogens with one attached hydrogen (secondary N) is 2. The third-order valence-corrected chi connectivity index (χ3v) is 3.96. The predicted octanol–water partition coefficient (Wildman–Crippen LogP) is 3.14. The van der Waals surface area contributed by atoms with Crippen LogP contribution in [0.4, 0.5) is 0 Å². The second-order valence-corrected chi connectivity index (χ2v) is 5.98. The lowest BCUT2D eigenvalue weighted by Crippen LogP contribution is -2.34. The highest BCUT2D eigenvalue weighted by atomic mass is 16.5. The van der Waals surface area contributed by atoms with E-state index in [-0.39, 0.29) is 17.8 Å². The van der Waals surface area contributed by atoms with Crippen LogP contribution in [0.5, 0.6) is 5.75 Å². The Labute approximate surface area is 124 Å². The number of hydrogen-bond acceptors (Lipinski definition) is 3. The number of aromatic nitrogens is 1. The van der Waals surface area contributed by atoms with Crippen molar-refractivity contribution in [2.75, 3.05) is 13.1 Å². The van der Waals surface area contributed by atoms with Gasteiger partial charge in [-0.25, -0.2) is 0 Å². The van der Waals surface area contributed by atoms with Gasteiger partial charge in [0.1, 0.15) is 5.75 Å². The quantitative estimate of drug-likeness (QED) is 0.849. The van der Waals surface area contributed by atoms with E-state index in [1.54, 1.807) is 0 Å². The summed E-state index contributed by atoms with van der Waals surface area (Å²) in [6.07, 6.45) is 4.00. The van der Waals surface area contributed by atoms with Gasteiger partial charge < -0.3 is 15.0 Å². The van der Waals surface area contributed by atoms with Crippen LogP contribution >= 0.6 is 0 Å². The maximum Gasteiger partial charge on any atom is 0.169 e. The molecule has 21 heavy (non-hydrogen) atoms. The number of fused-ring (bicyclic) bond motifs is 1. The third kappa shape index (κ3) is 2.95. The molecule has 3 rings (SSSR count). The Balaban J connectivity index is 1.92. The summed E-state index contributed by atoms with van der Waals surface area (Å²) < 4.78 is 5.73. The average Bonchev–Trinajstić information content (AvgIpc) is 2.90. The smallest absolute Gasteiger partial charge is 0.169 e. The lowest BCUT2D eigenvalue weighted by atomic mass is 9.91. The topological polar surface area (TPSA) is 54.1 Å². The van der Waals surface area contributed by atoms with Crippen LogP contribution in [-0.4, -0.2) is 30.0 Å². The first kappa shape index (κ1) is 14.1. The van der Waals surface area contributed by atoms with E-state index in [9.17, 15) is 4.79 Å². The van der Waals surface area contributed by atoms with E-state index in [1.807, 2.05) is 38.2 Å². The van der Waals surface area contributed by atoms with Crippen LogP contribution in [0.1, 0.15) is 37.0 Å². The van der Waals surface area contributed by atoms with Gasteiger partial charge >= 0.3 is 0 Å². The fourth-order valence-electron chi connectivity index (χ4n) is 2.94. The van der Waals surface area contributed by atoms with Crippen molar-refractivity contribution >= 4 is 16.7 Å². The SMILES string of the molecule is CC(C)Oc1ccc2[nH]cc(C(=O)C3CCCNC3)c2c1. The molecule has 112 valence electrons. The summed E-state index contributed by atoms with van der Waals surface area (Å²) in [5, 5.41) is 4.27. The maximum atomic E-state index is 12.7. The normalized spacial score (nSPS) is 19.1. The highest BCUT2D eigenvalue weighted by Gasteiger charge is 2.24.